The van der Waals surface area contributed by atoms with Crippen molar-refractivity contribution in [2.75, 3.05) is 18.0 Å². The number of imidazole rings is 2. The van der Waals surface area contributed by atoms with Crippen LogP contribution in [0.3, 0.4) is 0 Å². The number of carbonyl (C=O) groups excluding carboxylic acids is 1. The van der Waals surface area contributed by atoms with Gasteiger partial charge in [-0.25, -0.2) is 26.8 Å². The predicted molar refractivity (Wildman–Crippen MR) is 307 cm³/mol. The summed E-state index contributed by atoms with van der Waals surface area (Å²) in [6, 6.07) is 35.4. The van der Waals surface area contributed by atoms with Crippen LogP contribution >= 0.6 is 46.4 Å². The summed E-state index contributed by atoms with van der Waals surface area (Å²) in [5, 5.41) is 1.14. The monoisotopic (exact) mass is 1140 g/mol. The number of nitrogens with zero attached hydrogens (tertiary/aromatic N) is 5. The first-order chi connectivity index (χ1) is 36.1. The summed E-state index contributed by atoms with van der Waals surface area (Å²) < 4.78 is 57.9. The molecule has 2 aliphatic heterocycles. The number of aromatic nitrogens is 4. The summed E-state index contributed by atoms with van der Waals surface area (Å²) >= 11 is 24.4. The minimum atomic E-state index is -3.84. The molecule has 2 aromatic heterocycles. The molecule has 4 heterocycles. The molecular formula is C58H63Cl4N7O5S2. The number of aldehydes is 1. The second-order valence-corrected chi connectivity index (χ2v) is 24.3. The summed E-state index contributed by atoms with van der Waals surface area (Å²) in [5.74, 6) is 0.252. The fraction of sp³-hybridized carbons (Fsp3) is 0.293. The van der Waals surface area contributed by atoms with Gasteiger partial charge in [-0.1, -0.05) is 150 Å². The van der Waals surface area contributed by atoms with Crippen LogP contribution in [0.1, 0.15) is 89.4 Å². The van der Waals surface area contributed by atoms with Gasteiger partial charge in [0.2, 0.25) is 20.0 Å². The van der Waals surface area contributed by atoms with Crippen LogP contribution in [0, 0.1) is 19.8 Å². The molecule has 0 radical (unpaired) electrons. The molecule has 5 aromatic carbocycles. The van der Waals surface area contributed by atoms with Crippen LogP contribution < -0.4 is 4.90 Å². The van der Waals surface area contributed by atoms with E-state index in [-0.39, 0.29) is 45.8 Å². The summed E-state index contributed by atoms with van der Waals surface area (Å²) in [6.45, 7) is 5.84. The number of H-pyrrole nitrogens is 2. The van der Waals surface area contributed by atoms with Gasteiger partial charge in [0.15, 0.2) is 6.29 Å². The number of hydrogen-bond acceptors (Lipinski definition) is 8. The number of rotatable bonds is 13. The van der Waals surface area contributed by atoms with Crippen molar-refractivity contribution in [3.8, 4) is 0 Å². The minimum Gasteiger partial charge on any atom is -0.361 e. The van der Waals surface area contributed by atoms with Crippen molar-refractivity contribution in [3.63, 3.8) is 0 Å². The summed E-state index contributed by atoms with van der Waals surface area (Å²) in [7, 11) is -7.52. The van der Waals surface area contributed by atoms with E-state index in [0.717, 1.165) is 85.1 Å². The molecule has 3 aliphatic rings. The number of hydrogen-bond donors (Lipinski definition) is 2. The Labute approximate surface area is 467 Å². The lowest BCUT2D eigenvalue weighted by Gasteiger charge is -2.34. The highest BCUT2D eigenvalue weighted by atomic mass is 35.5. The molecule has 0 fully saturated rings. The lowest BCUT2D eigenvalue weighted by Crippen LogP contribution is -2.43. The first-order valence-corrected chi connectivity index (χ1v) is 29.1. The number of nitrogens with one attached hydrogen (secondary N) is 2. The summed E-state index contributed by atoms with van der Waals surface area (Å²) in [5.41, 5.74) is 10.1. The zero-order chi connectivity index (χ0) is 53.1. The molecular weight excluding hydrogens is 1080 g/mol. The zero-order valence-electron chi connectivity index (χ0n) is 41.7. The number of carbonyl (C=O) groups is 1. The molecule has 0 saturated heterocycles. The summed E-state index contributed by atoms with van der Waals surface area (Å²) in [6.07, 6.45) is 17.3. The first kappa shape index (κ1) is 58.1. The number of anilines is 1. The standard InChI is InChI=1S/C28H28Cl2N4O2S.C24H25Cl2NO2S.C5H6N2O.CH4/c1-20-27(32-19-31-20)18-34-23(12-11-21-7-3-2-4-8-21)17-33(16-22-9-5-6-10-28(22)34)37(35,36)24-13-14-25(29)26(30)15-24;25-23-13-12-22(15-24(23)26)30(28,29)27-16-19(11-10-18-6-2-1-3-7-18)14-20-8-4-5-9-21(20)17-27;1-4-5(2-8)7-3-6-4;/h2-10,13-15,19,23H,11-12,16-18H2,1H3,(H,31,32);2,4-9,12-13,15,19H,1,3,10-11,14,16-17H2;2-3H,1H3,(H,6,7);1H4. The molecule has 0 saturated carbocycles. The Balaban J connectivity index is 0.000000193. The van der Waals surface area contributed by atoms with Crippen LogP contribution in [0.25, 0.3) is 0 Å². The Morgan fingerprint density at radius 1 is 0.645 bits per heavy atom. The molecule has 2 atom stereocenters. The quantitative estimate of drug-likeness (QED) is 0.108. The van der Waals surface area contributed by atoms with Gasteiger partial charge in [0.05, 0.1) is 54.8 Å². The van der Waals surface area contributed by atoms with Gasteiger partial charge in [-0.3, -0.25) is 4.79 Å². The maximum Gasteiger partial charge on any atom is 0.243 e. The van der Waals surface area contributed by atoms with Crippen molar-refractivity contribution in [1.82, 2.24) is 28.5 Å². The average Bonchev–Trinajstić information content (AvgIpc) is 3.92. The van der Waals surface area contributed by atoms with Gasteiger partial charge in [-0.2, -0.15) is 8.61 Å². The third-order valence-corrected chi connectivity index (χ3v) is 18.8. The number of benzene rings is 5. The van der Waals surface area contributed by atoms with Crippen LogP contribution in [0.4, 0.5) is 5.69 Å². The molecule has 1 aliphatic carbocycles. The van der Waals surface area contributed by atoms with E-state index < -0.39 is 20.0 Å². The Kier molecular flexibility index (Phi) is 20.4. The van der Waals surface area contributed by atoms with Gasteiger partial charge in [0.1, 0.15) is 5.69 Å². The van der Waals surface area contributed by atoms with Crippen LogP contribution in [0.2, 0.25) is 20.1 Å². The van der Waals surface area contributed by atoms with E-state index in [2.05, 4.69) is 67.3 Å². The molecule has 0 amide bonds. The van der Waals surface area contributed by atoms with Crippen LogP contribution in [0.5, 0.6) is 0 Å². The minimum absolute atomic E-state index is 0. The van der Waals surface area contributed by atoms with Crippen molar-refractivity contribution in [3.05, 3.63) is 217 Å². The lowest BCUT2D eigenvalue weighted by molar-refractivity contribution is 0.111. The Hall–Kier alpha value is -5.55. The molecule has 76 heavy (non-hydrogen) atoms. The number of fused-ring (bicyclic) bond motifs is 2. The van der Waals surface area contributed by atoms with Gasteiger partial charge in [0.25, 0.3) is 0 Å². The highest BCUT2D eigenvalue weighted by Crippen LogP contribution is 2.36. The van der Waals surface area contributed by atoms with Crippen molar-refractivity contribution >= 4 is 78.4 Å². The number of allylic oxidation sites excluding steroid dienone is 4. The normalized spacial score (nSPS) is 16.8. The largest absolute Gasteiger partial charge is 0.361 e. The van der Waals surface area contributed by atoms with Gasteiger partial charge < -0.3 is 14.9 Å². The van der Waals surface area contributed by atoms with Crippen molar-refractivity contribution < 1.29 is 21.6 Å². The van der Waals surface area contributed by atoms with Gasteiger partial charge in [-0.15, -0.1) is 0 Å². The third kappa shape index (κ3) is 14.5. The Morgan fingerprint density at radius 2 is 1.24 bits per heavy atom. The van der Waals surface area contributed by atoms with E-state index in [0.29, 0.717) is 41.9 Å². The summed E-state index contributed by atoms with van der Waals surface area (Å²) in [4.78, 5) is 26.8. The predicted octanol–water partition coefficient (Wildman–Crippen LogP) is 13.8. The van der Waals surface area contributed by atoms with Crippen molar-refractivity contribution in [2.45, 2.75) is 102 Å². The molecule has 400 valence electrons. The number of para-hydroxylation sites is 1. The maximum atomic E-state index is 13.9. The molecule has 10 rings (SSSR count). The topological polar surface area (TPSA) is 152 Å². The SMILES string of the molecule is C.Cc1[nH]cnc1C=O.Cc1[nH]cnc1CN1c2ccccc2CN(S(=O)(=O)c2ccc(Cl)c(Cl)c2)CC1CCc1ccccc1.O=S(=O)(c1ccc(Cl)c(Cl)c1)N1Cc2ccccc2CC(CCC2=CCCC=C2)C1. The van der Waals surface area contributed by atoms with Gasteiger partial charge in [0, 0.05) is 49.3 Å². The van der Waals surface area contributed by atoms with Crippen molar-refractivity contribution in [1.29, 1.82) is 0 Å². The Morgan fingerprint density at radius 3 is 1.82 bits per heavy atom. The molecule has 2 N–H and O–H groups in total. The van der Waals surface area contributed by atoms with E-state index >= 15 is 0 Å². The molecule has 2 unspecified atom stereocenters. The number of aromatic amines is 2. The highest BCUT2D eigenvalue weighted by Gasteiger charge is 2.36. The zero-order valence-corrected chi connectivity index (χ0v) is 46.3. The Bertz CT molecular complexity index is 3380. The van der Waals surface area contributed by atoms with E-state index in [1.165, 1.54) is 53.4 Å². The first-order valence-electron chi connectivity index (χ1n) is 24.8. The van der Waals surface area contributed by atoms with Crippen molar-refractivity contribution in [2.24, 2.45) is 5.92 Å². The highest BCUT2D eigenvalue weighted by molar-refractivity contribution is 7.89. The average molecular weight is 1140 g/mol. The van der Waals surface area contributed by atoms with E-state index in [1.807, 2.05) is 61.5 Å². The molecule has 18 heteroatoms. The third-order valence-electron chi connectivity index (χ3n) is 13.8. The molecule has 7 aromatic rings. The lowest BCUT2D eigenvalue weighted by atomic mass is 9.91. The van der Waals surface area contributed by atoms with Gasteiger partial charge in [-0.05, 0) is 129 Å². The smallest absolute Gasteiger partial charge is 0.243 e. The number of aryl methyl sites for hydroxylation is 3. The maximum absolute atomic E-state index is 13.9. The molecule has 12 nitrogen and oxygen atoms in total. The second-order valence-electron chi connectivity index (χ2n) is 18.8. The molecule has 0 spiro atoms. The van der Waals surface area contributed by atoms with Crippen LogP contribution in [-0.4, -0.2) is 70.8 Å². The van der Waals surface area contributed by atoms with Crippen LogP contribution in [0.15, 0.2) is 162 Å². The van der Waals surface area contributed by atoms with E-state index in [4.69, 9.17) is 46.4 Å². The van der Waals surface area contributed by atoms with E-state index in [1.54, 1.807) is 27.9 Å². The second kappa shape index (κ2) is 26.7. The number of sulfonamides is 2. The molecule has 0 bridgehead atoms. The fourth-order valence-electron chi connectivity index (χ4n) is 9.53. The van der Waals surface area contributed by atoms with E-state index in [9.17, 15) is 21.6 Å². The van der Waals surface area contributed by atoms with Gasteiger partial charge >= 0.3 is 0 Å². The van der Waals surface area contributed by atoms with Crippen LogP contribution in [-0.2, 0) is 52.5 Å². The number of halogens is 4. The fourth-order valence-corrected chi connectivity index (χ4v) is 13.3.